The molecule has 0 heterocycles. The van der Waals surface area contributed by atoms with E-state index >= 15 is 0 Å². The Kier molecular flexibility index (Phi) is 2.98. The predicted molar refractivity (Wildman–Crippen MR) is 48.8 cm³/mol. The van der Waals surface area contributed by atoms with Crippen molar-refractivity contribution in [3.63, 3.8) is 0 Å². The van der Waals surface area contributed by atoms with Crippen LogP contribution in [0.4, 0.5) is 5.69 Å². The molecule has 1 rings (SSSR count). The Morgan fingerprint density at radius 3 is 2.43 bits per heavy atom. The number of nitro groups is 2. The smallest absolute Gasteiger partial charge is 0.264 e. The van der Waals surface area contributed by atoms with Crippen molar-refractivity contribution in [3.8, 4) is 0 Å². The van der Waals surface area contributed by atoms with Crippen LogP contribution in [0, 0.1) is 20.2 Å². The van der Waals surface area contributed by atoms with Gasteiger partial charge in [0.15, 0.2) is 0 Å². The zero-order valence-electron chi connectivity index (χ0n) is 6.84. The summed E-state index contributed by atoms with van der Waals surface area (Å²) < 4.78 is 0. The summed E-state index contributed by atoms with van der Waals surface area (Å²) in [5.41, 5.74) is -0.170. The first-order valence-corrected chi connectivity index (χ1v) is 3.93. The number of halogens is 1. The third-order valence-electron chi connectivity index (χ3n) is 1.55. The number of rotatable bonds is 3. The molecule has 14 heavy (non-hydrogen) atoms. The first-order chi connectivity index (χ1) is 6.52. The van der Waals surface area contributed by atoms with Gasteiger partial charge < -0.3 is 0 Å². The normalized spacial score (nSPS) is 9.79. The second-order valence-corrected chi connectivity index (χ2v) is 2.88. The van der Waals surface area contributed by atoms with Crippen molar-refractivity contribution in [2.24, 2.45) is 0 Å². The van der Waals surface area contributed by atoms with Gasteiger partial charge in [0.1, 0.15) is 5.02 Å². The Balaban J connectivity index is 3.13. The number of benzene rings is 1. The van der Waals surface area contributed by atoms with Crippen LogP contribution in [-0.4, -0.2) is 9.85 Å². The lowest BCUT2D eigenvalue weighted by Crippen LogP contribution is -2.00. The molecule has 7 heteroatoms. The molecule has 0 aromatic heterocycles. The lowest BCUT2D eigenvalue weighted by Gasteiger charge is -1.99. The van der Waals surface area contributed by atoms with E-state index in [1.807, 2.05) is 0 Å². The minimum Gasteiger partial charge on any atom is -0.264 e. The highest BCUT2D eigenvalue weighted by molar-refractivity contribution is 6.33. The first kappa shape index (κ1) is 10.4. The van der Waals surface area contributed by atoms with E-state index < -0.39 is 16.4 Å². The molecule has 0 N–H and O–H groups in total. The van der Waals surface area contributed by atoms with E-state index in [2.05, 4.69) is 0 Å². The standard InChI is InChI=1S/C7H5ClN2O4/c8-7-5(4-9(11)12)2-1-3-6(7)10(13)14/h1-3H,4H2. The molecule has 0 radical (unpaired) electrons. The summed E-state index contributed by atoms with van der Waals surface area (Å²) in [6, 6.07) is 3.95. The molecule has 1 aromatic carbocycles. The van der Waals surface area contributed by atoms with Crippen LogP contribution >= 0.6 is 11.6 Å². The maximum atomic E-state index is 10.4. The van der Waals surface area contributed by atoms with Gasteiger partial charge in [-0.1, -0.05) is 23.7 Å². The van der Waals surface area contributed by atoms with Crippen molar-refractivity contribution in [1.82, 2.24) is 0 Å². The third kappa shape index (κ3) is 2.17. The Labute approximate surface area is 83.4 Å². The fourth-order valence-electron chi connectivity index (χ4n) is 0.968. The molecule has 0 saturated carbocycles. The molecule has 0 atom stereocenters. The first-order valence-electron chi connectivity index (χ1n) is 3.56. The van der Waals surface area contributed by atoms with Crippen molar-refractivity contribution in [3.05, 3.63) is 49.0 Å². The zero-order chi connectivity index (χ0) is 10.7. The quantitative estimate of drug-likeness (QED) is 0.571. The van der Waals surface area contributed by atoms with Gasteiger partial charge in [-0.15, -0.1) is 0 Å². The molecule has 0 aliphatic carbocycles. The van der Waals surface area contributed by atoms with E-state index in [4.69, 9.17) is 11.6 Å². The van der Waals surface area contributed by atoms with Crippen LogP contribution in [0.5, 0.6) is 0 Å². The average Bonchev–Trinajstić information content (AvgIpc) is 2.07. The van der Waals surface area contributed by atoms with E-state index in [-0.39, 0.29) is 16.3 Å². The van der Waals surface area contributed by atoms with Gasteiger partial charge in [0.25, 0.3) is 5.69 Å². The van der Waals surface area contributed by atoms with Crippen molar-refractivity contribution in [2.75, 3.05) is 0 Å². The summed E-state index contributed by atoms with van der Waals surface area (Å²) >= 11 is 5.60. The van der Waals surface area contributed by atoms with E-state index in [0.29, 0.717) is 0 Å². The average molecular weight is 217 g/mol. The van der Waals surface area contributed by atoms with Crippen molar-refractivity contribution in [2.45, 2.75) is 6.54 Å². The van der Waals surface area contributed by atoms with Gasteiger partial charge in [-0.25, -0.2) is 0 Å². The van der Waals surface area contributed by atoms with Crippen molar-refractivity contribution >= 4 is 17.3 Å². The molecule has 0 amide bonds. The van der Waals surface area contributed by atoms with Crippen LogP contribution in [0.2, 0.25) is 5.02 Å². The second kappa shape index (κ2) is 4.01. The maximum absolute atomic E-state index is 10.4. The number of hydrogen-bond donors (Lipinski definition) is 0. The monoisotopic (exact) mass is 216 g/mol. The molecule has 0 aliphatic rings. The lowest BCUT2D eigenvalue weighted by molar-refractivity contribution is -0.496. The summed E-state index contributed by atoms with van der Waals surface area (Å²) in [4.78, 5) is 19.3. The van der Waals surface area contributed by atoms with Gasteiger partial charge in [0, 0.05) is 16.6 Å². The second-order valence-electron chi connectivity index (χ2n) is 2.50. The van der Waals surface area contributed by atoms with Crippen molar-refractivity contribution < 1.29 is 9.85 Å². The van der Waals surface area contributed by atoms with E-state index in [0.717, 1.165) is 0 Å². The minimum absolute atomic E-state index is 0.144. The van der Waals surface area contributed by atoms with Crippen LogP contribution in [0.1, 0.15) is 5.56 Å². The topological polar surface area (TPSA) is 86.3 Å². The largest absolute Gasteiger partial charge is 0.288 e. The van der Waals surface area contributed by atoms with E-state index in [1.165, 1.54) is 18.2 Å². The Hall–Kier alpha value is -1.69. The highest BCUT2D eigenvalue weighted by Gasteiger charge is 2.17. The van der Waals surface area contributed by atoms with Crippen LogP contribution < -0.4 is 0 Å². The van der Waals surface area contributed by atoms with Gasteiger partial charge >= 0.3 is 0 Å². The summed E-state index contributed by atoms with van der Waals surface area (Å²) in [6.07, 6.45) is 0. The summed E-state index contributed by atoms with van der Waals surface area (Å²) in [6.45, 7) is -0.513. The van der Waals surface area contributed by atoms with Gasteiger partial charge in [0.05, 0.1) is 4.92 Å². The summed E-state index contributed by atoms with van der Waals surface area (Å²) in [7, 11) is 0. The van der Waals surface area contributed by atoms with Gasteiger partial charge in [-0.3, -0.25) is 20.2 Å². The van der Waals surface area contributed by atoms with E-state index in [1.54, 1.807) is 0 Å². The molecule has 74 valence electrons. The Morgan fingerprint density at radius 1 is 1.29 bits per heavy atom. The molecular formula is C7H5ClN2O4. The van der Waals surface area contributed by atoms with Gasteiger partial charge in [-0.2, -0.15) is 0 Å². The molecule has 0 fully saturated rings. The Morgan fingerprint density at radius 2 is 1.93 bits per heavy atom. The fourth-order valence-corrected chi connectivity index (χ4v) is 1.22. The molecule has 0 saturated heterocycles. The maximum Gasteiger partial charge on any atom is 0.288 e. The predicted octanol–water partition coefficient (Wildman–Crippen LogP) is 2.02. The lowest BCUT2D eigenvalue weighted by atomic mass is 10.2. The van der Waals surface area contributed by atoms with Gasteiger partial charge in [0.2, 0.25) is 6.54 Å². The highest BCUT2D eigenvalue weighted by Crippen LogP contribution is 2.27. The molecule has 0 bridgehead atoms. The van der Waals surface area contributed by atoms with Crippen LogP contribution in [-0.2, 0) is 6.54 Å². The Bertz CT molecular complexity index is 393. The third-order valence-corrected chi connectivity index (χ3v) is 1.99. The summed E-state index contributed by atoms with van der Waals surface area (Å²) in [5, 5.41) is 20.4. The van der Waals surface area contributed by atoms with E-state index in [9.17, 15) is 20.2 Å². The molecule has 0 spiro atoms. The highest BCUT2D eigenvalue weighted by atomic mass is 35.5. The molecule has 0 unspecified atom stereocenters. The fraction of sp³-hybridized carbons (Fsp3) is 0.143. The molecule has 6 nitrogen and oxygen atoms in total. The van der Waals surface area contributed by atoms with Crippen molar-refractivity contribution in [1.29, 1.82) is 0 Å². The van der Waals surface area contributed by atoms with Crippen LogP contribution in [0.15, 0.2) is 18.2 Å². The molecule has 1 aromatic rings. The number of nitro benzene ring substituents is 1. The zero-order valence-corrected chi connectivity index (χ0v) is 7.60. The molecule has 0 aliphatic heterocycles. The number of nitrogens with zero attached hydrogens (tertiary/aromatic N) is 2. The number of hydrogen-bond acceptors (Lipinski definition) is 4. The SMILES string of the molecule is O=[N+]([O-])Cc1cccc([N+](=O)[O-])c1Cl. The summed E-state index contributed by atoms with van der Waals surface area (Å²) in [5.74, 6) is 0. The minimum atomic E-state index is -0.675. The molecular weight excluding hydrogens is 212 g/mol. The van der Waals surface area contributed by atoms with Crippen LogP contribution in [0.25, 0.3) is 0 Å². The van der Waals surface area contributed by atoms with Gasteiger partial charge in [-0.05, 0) is 0 Å². The van der Waals surface area contributed by atoms with Crippen LogP contribution in [0.3, 0.4) is 0 Å².